The maximum atomic E-state index is 10.9. The third-order valence-corrected chi connectivity index (χ3v) is 4.30. The van der Waals surface area contributed by atoms with Crippen LogP contribution in [0.5, 0.6) is 0 Å². The number of rotatable bonds is 12. The van der Waals surface area contributed by atoms with Crippen LogP contribution in [0.25, 0.3) is 0 Å². The lowest BCUT2D eigenvalue weighted by Crippen LogP contribution is -2.50. The van der Waals surface area contributed by atoms with Crippen molar-refractivity contribution in [1.82, 2.24) is 0 Å². The van der Waals surface area contributed by atoms with Crippen LogP contribution < -0.4 is 0 Å². The van der Waals surface area contributed by atoms with Gasteiger partial charge < -0.3 is 22.4 Å². The highest BCUT2D eigenvalue weighted by Gasteiger charge is 2.45. The summed E-state index contributed by atoms with van der Waals surface area (Å²) in [6, 6.07) is 0. The minimum atomic E-state index is -3.12. The van der Waals surface area contributed by atoms with Crippen molar-refractivity contribution in [3.05, 3.63) is 12.7 Å². The molecule has 0 N–H and O–H groups in total. The molecule has 0 aromatic heterocycles. The van der Waals surface area contributed by atoms with Crippen molar-refractivity contribution in [1.29, 1.82) is 0 Å². The molecule has 0 fully saturated rings. The molecule has 0 unspecified atom stereocenters. The van der Waals surface area contributed by atoms with Gasteiger partial charge in [0.25, 0.3) is 0 Å². The average Bonchev–Trinajstić information content (AvgIpc) is 2.41. The third-order valence-electron chi connectivity index (χ3n) is 1.90. The van der Waals surface area contributed by atoms with E-state index in [1.165, 1.54) is 0 Å². The van der Waals surface area contributed by atoms with Crippen LogP contribution in [0.1, 0.15) is 27.2 Å². The zero-order chi connectivity index (χ0) is 14.6. The number of hydrogen-bond donors (Lipinski definition) is 0. The Hall–Kier alpha value is -0.733. The SMILES string of the molecule is C=CC(=O)OCCO[Si](OCC)(OCC)OCCC. The summed E-state index contributed by atoms with van der Waals surface area (Å²) in [5.74, 6) is -0.488. The number of hydrogen-bond acceptors (Lipinski definition) is 6. The summed E-state index contributed by atoms with van der Waals surface area (Å²) in [4.78, 5) is 10.9. The average molecular weight is 292 g/mol. The van der Waals surface area contributed by atoms with E-state index < -0.39 is 15.0 Å². The molecule has 0 aliphatic carbocycles. The van der Waals surface area contributed by atoms with Gasteiger partial charge in [0, 0.05) is 25.9 Å². The molecule has 0 saturated carbocycles. The summed E-state index contributed by atoms with van der Waals surface area (Å²) >= 11 is 0. The Kier molecular flexibility index (Phi) is 10.7. The lowest BCUT2D eigenvalue weighted by atomic mass is 10.5. The Bertz CT molecular complexity index is 253. The van der Waals surface area contributed by atoms with Gasteiger partial charge in [0.2, 0.25) is 0 Å². The second-order valence-corrected chi connectivity index (χ2v) is 5.59. The van der Waals surface area contributed by atoms with Gasteiger partial charge in [0.15, 0.2) is 0 Å². The summed E-state index contributed by atoms with van der Waals surface area (Å²) in [7, 11) is -3.12. The Balaban J connectivity index is 4.28. The van der Waals surface area contributed by atoms with E-state index >= 15 is 0 Å². The van der Waals surface area contributed by atoms with Gasteiger partial charge in [0.1, 0.15) is 6.61 Å². The van der Waals surface area contributed by atoms with Crippen molar-refractivity contribution in [3.63, 3.8) is 0 Å². The number of carbonyl (C=O) groups excluding carboxylic acids is 1. The van der Waals surface area contributed by atoms with Gasteiger partial charge in [-0.3, -0.25) is 0 Å². The molecule has 7 heteroatoms. The molecule has 0 atom stereocenters. The van der Waals surface area contributed by atoms with Crippen LogP contribution in [0.3, 0.4) is 0 Å². The fraction of sp³-hybridized carbons (Fsp3) is 0.750. The molecule has 19 heavy (non-hydrogen) atoms. The molecular formula is C12H24O6Si. The van der Waals surface area contributed by atoms with Crippen LogP contribution in [0.2, 0.25) is 0 Å². The Labute approximate surface area is 116 Å². The quantitative estimate of drug-likeness (QED) is 0.236. The molecule has 0 spiro atoms. The predicted molar refractivity (Wildman–Crippen MR) is 72.4 cm³/mol. The minimum absolute atomic E-state index is 0.106. The molecule has 112 valence electrons. The van der Waals surface area contributed by atoms with Crippen LogP contribution in [0, 0.1) is 0 Å². The lowest BCUT2D eigenvalue weighted by molar-refractivity contribution is -0.139. The molecule has 6 nitrogen and oxygen atoms in total. The van der Waals surface area contributed by atoms with Crippen LogP contribution in [-0.2, 0) is 27.2 Å². The first-order chi connectivity index (χ1) is 9.14. The van der Waals surface area contributed by atoms with Crippen molar-refractivity contribution >= 4 is 15.0 Å². The van der Waals surface area contributed by atoms with E-state index in [0.29, 0.717) is 19.8 Å². The largest absolute Gasteiger partial charge is 0.679 e. The molecule has 0 aromatic carbocycles. The zero-order valence-corrected chi connectivity index (χ0v) is 13.0. The Morgan fingerprint density at radius 2 is 1.58 bits per heavy atom. The molecule has 0 aliphatic rings. The van der Waals surface area contributed by atoms with E-state index in [0.717, 1.165) is 12.5 Å². The molecule has 0 aromatic rings. The third kappa shape index (κ3) is 8.12. The molecule has 0 rings (SSSR count). The number of carbonyl (C=O) groups is 1. The van der Waals surface area contributed by atoms with Crippen molar-refractivity contribution in [2.45, 2.75) is 27.2 Å². The first kappa shape index (κ1) is 18.3. The lowest BCUT2D eigenvalue weighted by Gasteiger charge is -2.27. The number of esters is 1. The van der Waals surface area contributed by atoms with E-state index in [-0.39, 0.29) is 13.2 Å². The van der Waals surface area contributed by atoms with Crippen molar-refractivity contribution in [3.8, 4) is 0 Å². The highest BCUT2D eigenvalue weighted by atomic mass is 28.4. The first-order valence-electron chi connectivity index (χ1n) is 6.49. The molecule has 0 aliphatic heterocycles. The van der Waals surface area contributed by atoms with Gasteiger partial charge in [-0.1, -0.05) is 13.5 Å². The zero-order valence-electron chi connectivity index (χ0n) is 12.0. The van der Waals surface area contributed by atoms with Crippen LogP contribution >= 0.6 is 0 Å². The van der Waals surface area contributed by atoms with E-state index in [1.54, 1.807) is 0 Å². The van der Waals surface area contributed by atoms with Crippen LogP contribution in [0.15, 0.2) is 12.7 Å². The fourth-order valence-corrected chi connectivity index (χ4v) is 3.19. The Morgan fingerprint density at radius 1 is 1.00 bits per heavy atom. The van der Waals surface area contributed by atoms with Crippen LogP contribution in [0.4, 0.5) is 0 Å². The van der Waals surface area contributed by atoms with Gasteiger partial charge in [-0.15, -0.1) is 0 Å². The standard InChI is InChI=1S/C12H24O6Si/c1-5-9-17-19(15-7-3,16-8-4)18-11-10-14-12(13)6-2/h6H,2,5,7-11H2,1,3-4H3. The molecule has 0 saturated heterocycles. The summed E-state index contributed by atoms with van der Waals surface area (Å²) in [6.45, 7) is 10.6. The van der Waals surface area contributed by atoms with Gasteiger partial charge >= 0.3 is 15.0 Å². The van der Waals surface area contributed by atoms with Crippen molar-refractivity contribution in [2.75, 3.05) is 33.0 Å². The van der Waals surface area contributed by atoms with Gasteiger partial charge in [-0.25, -0.2) is 4.79 Å². The summed E-state index contributed by atoms with van der Waals surface area (Å²) in [5.41, 5.74) is 0. The maximum absolute atomic E-state index is 10.9. The van der Waals surface area contributed by atoms with Crippen LogP contribution in [-0.4, -0.2) is 48.1 Å². The van der Waals surface area contributed by atoms with Gasteiger partial charge in [-0.2, -0.15) is 0 Å². The van der Waals surface area contributed by atoms with E-state index in [1.807, 2.05) is 20.8 Å². The second-order valence-electron chi connectivity index (χ2n) is 3.43. The van der Waals surface area contributed by atoms with E-state index in [2.05, 4.69) is 6.58 Å². The first-order valence-corrected chi connectivity index (χ1v) is 8.12. The van der Waals surface area contributed by atoms with Gasteiger partial charge in [0.05, 0.1) is 6.61 Å². The molecular weight excluding hydrogens is 268 g/mol. The monoisotopic (exact) mass is 292 g/mol. The second kappa shape index (κ2) is 11.1. The molecule has 0 heterocycles. The smallest absolute Gasteiger partial charge is 0.460 e. The molecule has 0 bridgehead atoms. The van der Waals surface area contributed by atoms with E-state index in [4.69, 9.17) is 22.4 Å². The summed E-state index contributed by atoms with van der Waals surface area (Å²) in [5, 5.41) is 0. The minimum Gasteiger partial charge on any atom is -0.460 e. The molecule has 0 amide bonds. The fourth-order valence-electron chi connectivity index (χ4n) is 1.20. The summed E-state index contributed by atoms with van der Waals surface area (Å²) < 4.78 is 27.0. The predicted octanol–water partition coefficient (Wildman–Crippen LogP) is 1.67. The summed E-state index contributed by atoms with van der Waals surface area (Å²) in [6.07, 6.45) is 1.94. The van der Waals surface area contributed by atoms with Crippen molar-refractivity contribution < 1.29 is 27.2 Å². The normalized spacial score (nSPS) is 11.3. The highest BCUT2D eigenvalue weighted by molar-refractivity contribution is 6.53. The number of ether oxygens (including phenoxy) is 1. The highest BCUT2D eigenvalue weighted by Crippen LogP contribution is 2.12. The van der Waals surface area contributed by atoms with Gasteiger partial charge in [-0.05, 0) is 20.3 Å². The topological polar surface area (TPSA) is 63.2 Å². The molecule has 0 radical (unpaired) electrons. The van der Waals surface area contributed by atoms with E-state index in [9.17, 15) is 4.79 Å². The Morgan fingerprint density at radius 3 is 2.05 bits per heavy atom. The maximum Gasteiger partial charge on any atom is 0.679 e. The van der Waals surface area contributed by atoms with Crippen molar-refractivity contribution in [2.24, 2.45) is 0 Å².